The molecule has 4 nitrogen and oxygen atoms in total. The molecule has 0 saturated heterocycles. The fraction of sp³-hybridized carbons (Fsp3) is 0.174. The molecule has 0 saturated carbocycles. The minimum absolute atomic E-state index is 0.246. The topological polar surface area (TPSA) is 34.6 Å². The van der Waals surface area contributed by atoms with Gasteiger partial charge in [-0.05, 0) is 61.0 Å². The van der Waals surface area contributed by atoms with Gasteiger partial charge in [0.05, 0.1) is 19.9 Å². The molecular formula is C23H21FN2O2. The van der Waals surface area contributed by atoms with Crippen LogP contribution >= 0.6 is 0 Å². The maximum Gasteiger partial charge on any atom is 0.162 e. The van der Waals surface area contributed by atoms with Crippen LogP contribution in [0.1, 0.15) is 16.8 Å². The Morgan fingerprint density at radius 1 is 0.964 bits per heavy atom. The predicted molar refractivity (Wildman–Crippen MR) is 109 cm³/mol. The van der Waals surface area contributed by atoms with E-state index < -0.39 is 0 Å². The van der Waals surface area contributed by atoms with E-state index in [0.717, 1.165) is 28.2 Å². The number of benzene rings is 2. The zero-order valence-electron chi connectivity index (χ0n) is 16.1. The first-order chi connectivity index (χ1) is 13.6. The Bertz CT molecular complexity index is 1050. The van der Waals surface area contributed by atoms with Crippen LogP contribution in [0.4, 0.5) is 10.1 Å². The van der Waals surface area contributed by atoms with Crippen molar-refractivity contribution in [2.45, 2.75) is 13.5 Å². The van der Waals surface area contributed by atoms with Gasteiger partial charge < -0.3 is 14.4 Å². The van der Waals surface area contributed by atoms with Gasteiger partial charge >= 0.3 is 0 Å². The lowest BCUT2D eigenvalue weighted by Crippen LogP contribution is -2.20. The number of halogens is 1. The lowest BCUT2D eigenvalue weighted by Gasteiger charge is -2.27. The molecule has 0 aliphatic carbocycles. The van der Waals surface area contributed by atoms with E-state index in [4.69, 9.17) is 14.5 Å². The molecule has 2 heterocycles. The molecule has 2 aromatic carbocycles. The quantitative estimate of drug-likeness (QED) is 0.626. The van der Waals surface area contributed by atoms with Crippen LogP contribution in [0.3, 0.4) is 0 Å². The Balaban J connectivity index is 1.66. The number of methoxy groups -OCH3 is 2. The average Bonchev–Trinajstić information content (AvgIpc) is 2.73. The molecule has 0 radical (unpaired) electrons. The summed E-state index contributed by atoms with van der Waals surface area (Å²) in [5.74, 6) is 1.15. The van der Waals surface area contributed by atoms with E-state index in [2.05, 4.69) is 23.2 Å². The highest BCUT2D eigenvalue weighted by Crippen LogP contribution is 2.35. The van der Waals surface area contributed by atoms with Crippen molar-refractivity contribution in [1.82, 2.24) is 4.98 Å². The summed E-state index contributed by atoms with van der Waals surface area (Å²) in [7, 11) is 3.26. The smallest absolute Gasteiger partial charge is 0.162 e. The zero-order valence-corrected chi connectivity index (χ0v) is 16.1. The number of fused-ring (bicyclic) bond motifs is 1. The lowest BCUT2D eigenvalue weighted by molar-refractivity contribution is 0.355. The van der Waals surface area contributed by atoms with Crippen LogP contribution in [-0.4, -0.2) is 19.2 Å². The third-order valence-corrected chi connectivity index (χ3v) is 4.97. The molecule has 0 atom stereocenters. The maximum atomic E-state index is 13.2. The number of ether oxygens (including phenoxy) is 2. The summed E-state index contributed by atoms with van der Waals surface area (Å²) in [6.07, 6.45) is 4.13. The predicted octanol–water partition coefficient (Wildman–Crippen LogP) is 5.20. The first-order valence-corrected chi connectivity index (χ1v) is 9.02. The molecule has 0 spiro atoms. The second kappa shape index (κ2) is 7.35. The van der Waals surface area contributed by atoms with Crippen LogP contribution in [0.5, 0.6) is 11.5 Å². The van der Waals surface area contributed by atoms with E-state index in [1.54, 1.807) is 26.4 Å². The molecule has 0 unspecified atom stereocenters. The Hall–Kier alpha value is -3.34. The molecule has 0 amide bonds. The largest absolute Gasteiger partial charge is 0.493 e. The van der Waals surface area contributed by atoms with Gasteiger partial charge in [0.25, 0.3) is 0 Å². The minimum atomic E-state index is -0.246. The van der Waals surface area contributed by atoms with Crippen molar-refractivity contribution in [1.29, 1.82) is 0 Å². The van der Waals surface area contributed by atoms with Crippen LogP contribution in [0, 0.1) is 12.7 Å². The summed E-state index contributed by atoms with van der Waals surface area (Å²) in [5.41, 5.74) is 6.03. The number of anilines is 1. The van der Waals surface area contributed by atoms with Crippen molar-refractivity contribution in [2.75, 3.05) is 19.1 Å². The maximum absolute atomic E-state index is 13.2. The second-order valence-corrected chi connectivity index (χ2v) is 6.65. The van der Waals surface area contributed by atoms with Crippen LogP contribution in [-0.2, 0) is 6.54 Å². The van der Waals surface area contributed by atoms with Gasteiger partial charge in [-0.3, -0.25) is 4.98 Å². The average molecular weight is 376 g/mol. The number of aryl methyl sites for hydroxylation is 1. The van der Waals surface area contributed by atoms with Gasteiger partial charge in [-0.15, -0.1) is 0 Å². The number of aromatic nitrogens is 1. The third-order valence-electron chi connectivity index (χ3n) is 4.97. The van der Waals surface area contributed by atoms with Crippen LogP contribution < -0.4 is 14.4 Å². The van der Waals surface area contributed by atoms with Gasteiger partial charge in [-0.1, -0.05) is 0 Å². The van der Waals surface area contributed by atoms with E-state index in [9.17, 15) is 4.39 Å². The Kier molecular flexibility index (Phi) is 4.74. The molecule has 28 heavy (non-hydrogen) atoms. The van der Waals surface area contributed by atoms with Gasteiger partial charge in [0.2, 0.25) is 0 Å². The van der Waals surface area contributed by atoms with E-state index >= 15 is 0 Å². The fourth-order valence-corrected chi connectivity index (χ4v) is 3.42. The van der Waals surface area contributed by atoms with E-state index in [0.29, 0.717) is 18.0 Å². The summed E-state index contributed by atoms with van der Waals surface area (Å²) in [6, 6.07) is 14.4. The highest BCUT2D eigenvalue weighted by Gasteiger charge is 2.18. The molecule has 5 heteroatoms. The first kappa shape index (κ1) is 18.0. The molecule has 0 bridgehead atoms. The molecule has 3 aromatic rings. The van der Waals surface area contributed by atoms with E-state index in [-0.39, 0.29) is 5.82 Å². The second-order valence-electron chi connectivity index (χ2n) is 6.65. The minimum Gasteiger partial charge on any atom is -0.493 e. The monoisotopic (exact) mass is 376 g/mol. The van der Waals surface area contributed by atoms with Gasteiger partial charge in [-0.2, -0.15) is 0 Å². The molecule has 1 aliphatic rings. The molecule has 1 aromatic heterocycles. The normalized spacial score (nSPS) is 12.6. The summed E-state index contributed by atoms with van der Waals surface area (Å²) >= 11 is 0. The number of hydrogen-bond acceptors (Lipinski definition) is 4. The molecular weight excluding hydrogens is 355 g/mol. The first-order valence-electron chi connectivity index (χ1n) is 9.02. The van der Waals surface area contributed by atoms with Crippen molar-refractivity contribution in [2.24, 2.45) is 0 Å². The van der Waals surface area contributed by atoms with Gasteiger partial charge in [-0.25, -0.2) is 4.39 Å². The fourth-order valence-electron chi connectivity index (χ4n) is 3.42. The molecule has 0 N–H and O–H groups in total. The number of pyridine rings is 1. The summed E-state index contributed by atoms with van der Waals surface area (Å²) in [6.45, 7) is 2.72. The van der Waals surface area contributed by atoms with Gasteiger partial charge in [0.15, 0.2) is 11.5 Å². The van der Waals surface area contributed by atoms with Gasteiger partial charge in [0, 0.05) is 41.3 Å². The van der Waals surface area contributed by atoms with Crippen molar-refractivity contribution in [3.05, 3.63) is 77.4 Å². The molecule has 0 fully saturated rings. The summed E-state index contributed by atoms with van der Waals surface area (Å²) in [4.78, 5) is 6.90. The highest BCUT2D eigenvalue weighted by atomic mass is 19.1. The standard InChI is InChI=1S/C23H21FN2O2/c1-15-20-14-26(19-8-9-22(27-2)23(13-19)28-3)11-10-17(20)12-21(25-15)16-4-6-18(24)7-5-16/h4-13H,14H2,1-3H3. The third kappa shape index (κ3) is 3.31. The van der Waals surface area contributed by atoms with Crippen molar-refractivity contribution >= 4 is 11.8 Å². The summed E-state index contributed by atoms with van der Waals surface area (Å²) in [5, 5.41) is 0. The number of hydrogen-bond donors (Lipinski definition) is 0. The molecule has 142 valence electrons. The highest BCUT2D eigenvalue weighted by molar-refractivity contribution is 5.71. The van der Waals surface area contributed by atoms with Gasteiger partial charge in [0.1, 0.15) is 5.82 Å². The molecule has 1 aliphatic heterocycles. The van der Waals surface area contributed by atoms with E-state index in [1.807, 2.05) is 25.1 Å². The number of rotatable bonds is 4. The van der Waals surface area contributed by atoms with E-state index in [1.165, 1.54) is 17.7 Å². The Morgan fingerprint density at radius 2 is 1.71 bits per heavy atom. The van der Waals surface area contributed by atoms with Crippen molar-refractivity contribution < 1.29 is 13.9 Å². The zero-order chi connectivity index (χ0) is 19.7. The van der Waals surface area contributed by atoms with Crippen molar-refractivity contribution in [3.8, 4) is 22.8 Å². The number of nitrogens with zero attached hydrogens (tertiary/aromatic N) is 2. The van der Waals surface area contributed by atoms with Crippen LogP contribution in [0.25, 0.3) is 17.3 Å². The van der Waals surface area contributed by atoms with Crippen LogP contribution in [0.15, 0.2) is 54.7 Å². The Morgan fingerprint density at radius 3 is 2.43 bits per heavy atom. The SMILES string of the molecule is COc1ccc(N2C=Cc3cc(-c4ccc(F)cc4)nc(C)c3C2)cc1OC. The Labute approximate surface area is 163 Å². The van der Waals surface area contributed by atoms with Crippen LogP contribution in [0.2, 0.25) is 0 Å². The van der Waals surface area contributed by atoms with Crippen molar-refractivity contribution in [3.63, 3.8) is 0 Å². The lowest BCUT2D eigenvalue weighted by atomic mass is 9.99. The summed E-state index contributed by atoms with van der Waals surface area (Å²) < 4.78 is 23.9. The molecule has 4 rings (SSSR count).